The quantitative estimate of drug-likeness (QED) is 0.928. The first kappa shape index (κ1) is 15.5. The first-order valence-corrected chi connectivity index (χ1v) is 7.91. The molecule has 0 spiro atoms. The molecule has 0 aliphatic carbocycles. The summed E-state index contributed by atoms with van der Waals surface area (Å²) in [7, 11) is 3.40. The standard InChI is InChI=1S/C14H19ClN2O2S/c1-17(6-7-19-2)14(18)16-12-5-8-20-13-4-3-10(15)9-11(12)13/h3-4,9,12H,5-8H2,1-2H3,(H,16,18)/t12-/m0/s1. The number of halogens is 1. The summed E-state index contributed by atoms with van der Waals surface area (Å²) in [5.74, 6) is 1.00. The van der Waals surface area contributed by atoms with Crippen LogP contribution in [-0.4, -0.2) is 44.0 Å². The summed E-state index contributed by atoms with van der Waals surface area (Å²) >= 11 is 7.87. The topological polar surface area (TPSA) is 41.6 Å². The summed E-state index contributed by atoms with van der Waals surface area (Å²) in [6.45, 7) is 1.11. The van der Waals surface area contributed by atoms with Crippen LogP contribution in [0.3, 0.4) is 0 Å². The summed E-state index contributed by atoms with van der Waals surface area (Å²) in [5.41, 5.74) is 1.11. The van der Waals surface area contributed by atoms with Crippen molar-refractivity contribution in [2.45, 2.75) is 17.4 Å². The molecule has 4 nitrogen and oxygen atoms in total. The van der Waals surface area contributed by atoms with Crippen molar-refractivity contribution >= 4 is 29.4 Å². The highest BCUT2D eigenvalue weighted by Gasteiger charge is 2.23. The summed E-state index contributed by atoms with van der Waals surface area (Å²) in [4.78, 5) is 15.0. The molecule has 0 unspecified atom stereocenters. The molecule has 0 aromatic heterocycles. The van der Waals surface area contributed by atoms with E-state index in [9.17, 15) is 4.79 Å². The Morgan fingerprint density at radius 1 is 1.60 bits per heavy atom. The molecule has 1 atom stereocenters. The van der Waals surface area contributed by atoms with Gasteiger partial charge in [-0.15, -0.1) is 11.8 Å². The maximum Gasteiger partial charge on any atom is 0.317 e. The van der Waals surface area contributed by atoms with Crippen molar-refractivity contribution in [2.75, 3.05) is 33.1 Å². The molecule has 1 aliphatic rings. The van der Waals surface area contributed by atoms with Gasteiger partial charge in [-0.1, -0.05) is 11.6 Å². The van der Waals surface area contributed by atoms with Crippen LogP contribution in [-0.2, 0) is 4.74 Å². The molecule has 110 valence electrons. The van der Waals surface area contributed by atoms with Crippen LogP contribution in [0.5, 0.6) is 0 Å². The van der Waals surface area contributed by atoms with Gasteiger partial charge >= 0.3 is 6.03 Å². The van der Waals surface area contributed by atoms with Gasteiger partial charge < -0.3 is 15.0 Å². The van der Waals surface area contributed by atoms with Crippen LogP contribution in [0, 0.1) is 0 Å². The van der Waals surface area contributed by atoms with Crippen LogP contribution in [0.25, 0.3) is 0 Å². The second-order valence-electron chi connectivity index (χ2n) is 4.74. The number of fused-ring (bicyclic) bond motifs is 1. The largest absolute Gasteiger partial charge is 0.383 e. The van der Waals surface area contributed by atoms with Gasteiger partial charge in [-0.3, -0.25) is 0 Å². The van der Waals surface area contributed by atoms with E-state index in [4.69, 9.17) is 16.3 Å². The Bertz CT molecular complexity index is 484. The lowest BCUT2D eigenvalue weighted by molar-refractivity contribution is 0.157. The van der Waals surface area contributed by atoms with E-state index in [0.29, 0.717) is 18.2 Å². The normalized spacial score (nSPS) is 17.4. The number of urea groups is 1. The summed E-state index contributed by atoms with van der Waals surface area (Å²) in [6.07, 6.45) is 0.919. The third-order valence-corrected chi connectivity index (χ3v) is 4.64. The molecule has 1 N–H and O–H groups in total. The molecule has 1 aliphatic heterocycles. The van der Waals surface area contributed by atoms with Crippen LogP contribution in [0.2, 0.25) is 5.02 Å². The highest BCUT2D eigenvalue weighted by molar-refractivity contribution is 7.99. The van der Waals surface area contributed by atoms with Gasteiger partial charge in [0.2, 0.25) is 0 Å². The molecule has 0 fully saturated rings. The number of rotatable bonds is 4. The minimum Gasteiger partial charge on any atom is -0.383 e. The Balaban J connectivity index is 2.04. The first-order chi connectivity index (χ1) is 9.61. The van der Waals surface area contributed by atoms with Gasteiger partial charge in [0.05, 0.1) is 12.6 Å². The Morgan fingerprint density at radius 2 is 2.40 bits per heavy atom. The number of methoxy groups -OCH3 is 1. The predicted molar refractivity (Wildman–Crippen MR) is 82.6 cm³/mol. The molecule has 0 bridgehead atoms. The molecule has 1 heterocycles. The van der Waals surface area contributed by atoms with Crippen molar-refractivity contribution in [3.8, 4) is 0 Å². The minimum absolute atomic E-state index is 0.0300. The number of amides is 2. The molecule has 20 heavy (non-hydrogen) atoms. The van der Waals surface area contributed by atoms with Crippen molar-refractivity contribution in [1.29, 1.82) is 0 Å². The zero-order valence-electron chi connectivity index (χ0n) is 11.7. The van der Waals surface area contributed by atoms with Gasteiger partial charge in [0.25, 0.3) is 0 Å². The van der Waals surface area contributed by atoms with Crippen molar-refractivity contribution < 1.29 is 9.53 Å². The van der Waals surface area contributed by atoms with Crippen molar-refractivity contribution in [3.05, 3.63) is 28.8 Å². The number of thioether (sulfide) groups is 1. The Kier molecular flexibility index (Phi) is 5.57. The molecular weight excluding hydrogens is 296 g/mol. The molecule has 0 saturated carbocycles. The molecule has 0 saturated heterocycles. The lowest BCUT2D eigenvalue weighted by Crippen LogP contribution is -2.41. The first-order valence-electron chi connectivity index (χ1n) is 6.54. The molecule has 2 amide bonds. The third-order valence-electron chi connectivity index (χ3n) is 3.29. The smallest absolute Gasteiger partial charge is 0.317 e. The van der Waals surface area contributed by atoms with E-state index in [0.717, 1.165) is 17.7 Å². The van der Waals surface area contributed by atoms with Crippen LogP contribution in [0.4, 0.5) is 4.79 Å². The Labute approximate surface area is 128 Å². The maximum absolute atomic E-state index is 12.1. The number of hydrogen-bond acceptors (Lipinski definition) is 3. The van der Waals surface area contributed by atoms with E-state index in [1.165, 1.54) is 4.90 Å². The van der Waals surface area contributed by atoms with Crippen molar-refractivity contribution in [1.82, 2.24) is 10.2 Å². The van der Waals surface area contributed by atoms with Crippen LogP contribution in [0.15, 0.2) is 23.1 Å². The number of ether oxygens (including phenoxy) is 1. The average Bonchev–Trinajstić information content (AvgIpc) is 2.45. The van der Waals surface area contributed by atoms with Gasteiger partial charge in [0, 0.05) is 36.4 Å². The number of nitrogens with one attached hydrogen (secondary N) is 1. The van der Waals surface area contributed by atoms with E-state index in [1.54, 1.807) is 30.8 Å². The van der Waals surface area contributed by atoms with Crippen LogP contribution >= 0.6 is 23.4 Å². The van der Waals surface area contributed by atoms with Gasteiger partial charge in [-0.05, 0) is 30.2 Å². The number of hydrogen-bond donors (Lipinski definition) is 1. The Morgan fingerprint density at radius 3 is 3.15 bits per heavy atom. The number of nitrogens with zero attached hydrogens (tertiary/aromatic N) is 1. The summed E-state index contributed by atoms with van der Waals surface area (Å²) in [5, 5.41) is 3.78. The van der Waals surface area contributed by atoms with E-state index in [-0.39, 0.29) is 12.1 Å². The monoisotopic (exact) mass is 314 g/mol. The fraction of sp³-hybridized carbons (Fsp3) is 0.500. The molecule has 6 heteroatoms. The van der Waals surface area contributed by atoms with Gasteiger partial charge in [-0.25, -0.2) is 4.79 Å². The van der Waals surface area contributed by atoms with E-state index < -0.39 is 0 Å². The molecule has 0 radical (unpaired) electrons. The highest BCUT2D eigenvalue weighted by atomic mass is 35.5. The summed E-state index contributed by atoms with van der Waals surface area (Å²) < 4.78 is 4.98. The second kappa shape index (κ2) is 7.20. The van der Waals surface area contributed by atoms with E-state index in [2.05, 4.69) is 5.32 Å². The SMILES string of the molecule is COCCN(C)C(=O)N[C@H]1CCSc2ccc(Cl)cc21. The van der Waals surface area contributed by atoms with Crippen molar-refractivity contribution in [2.24, 2.45) is 0 Å². The van der Waals surface area contributed by atoms with Crippen molar-refractivity contribution in [3.63, 3.8) is 0 Å². The number of likely N-dealkylation sites (N-methyl/N-ethyl adjacent to an activating group) is 1. The number of benzene rings is 1. The van der Waals surface area contributed by atoms with Gasteiger partial charge in [0.15, 0.2) is 0 Å². The Hall–Kier alpha value is -0.910. The highest BCUT2D eigenvalue weighted by Crippen LogP contribution is 2.37. The minimum atomic E-state index is -0.0788. The second-order valence-corrected chi connectivity index (χ2v) is 6.31. The predicted octanol–water partition coefficient (Wildman–Crippen LogP) is 3.16. The fourth-order valence-electron chi connectivity index (χ4n) is 2.10. The molecule has 1 aromatic rings. The van der Waals surface area contributed by atoms with Crippen LogP contribution in [0.1, 0.15) is 18.0 Å². The number of carbonyl (C=O) groups is 1. The van der Waals surface area contributed by atoms with Gasteiger partial charge in [0.1, 0.15) is 0 Å². The zero-order chi connectivity index (χ0) is 14.5. The summed E-state index contributed by atoms with van der Waals surface area (Å²) in [6, 6.07) is 5.81. The number of carbonyl (C=O) groups excluding carboxylic acids is 1. The molecule has 1 aromatic carbocycles. The average molecular weight is 315 g/mol. The molecule has 2 rings (SSSR count). The third kappa shape index (κ3) is 3.81. The lowest BCUT2D eigenvalue weighted by Gasteiger charge is -2.28. The molecular formula is C14H19ClN2O2S. The zero-order valence-corrected chi connectivity index (χ0v) is 13.3. The van der Waals surface area contributed by atoms with E-state index in [1.807, 2.05) is 18.2 Å². The fourth-order valence-corrected chi connectivity index (χ4v) is 3.39. The lowest BCUT2D eigenvalue weighted by atomic mass is 10.0. The van der Waals surface area contributed by atoms with Gasteiger partial charge in [-0.2, -0.15) is 0 Å². The van der Waals surface area contributed by atoms with E-state index >= 15 is 0 Å². The van der Waals surface area contributed by atoms with Crippen LogP contribution < -0.4 is 5.32 Å². The maximum atomic E-state index is 12.1.